The summed E-state index contributed by atoms with van der Waals surface area (Å²) in [5.41, 5.74) is -0.166. The predicted octanol–water partition coefficient (Wildman–Crippen LogP) is 2.73. The van der Waals surface area contributed by atoms with Gasteiger partial charge in [-0.15, -0.1) is 0 Å². The normalized spacial score (nSPS) is 16.0. The highest BCUT2D eigenvalue weighted by atomic mass is 16.6. The zero-order valence-corrected chi connectivity index (χ0v) is 18.0. The van der Waals surface area contributed by atoms with Gasteiger partial charge in [0.05, 0.1) is 6.10 Å². The number of carbonyl (C=O) groups is 3. The fourth-order valence-corrected chi connectivity index (χ4v) is 3.25. The van der Waals surface area contributed by atoms with Gasteiger partial charge in [-0.2, -0.15) is 0 Å². The van der Waals surface area contributed by atoms with Crippen molar-refractivity contribution in [1.82, 2.24) is 10.2 Å². The van der Waals surface area contributed by atoms with E-state index in [9.17, 15) is 19.5 Å². The van der Waals surface area contributed by atoms with Crippen molar-refractivity contribution in [2.24, 2.45) is 5.92 Å². The molecule has 8 nitrogen and oxygen atoms in total. The SMILES string of the molecule is CC(CC(=O)N1CCC(O)CC1)C(=O)c1ccccc1C(=N)NC(=O)OC(C)(C)C. The summed E-state index contributed by atoms with van der Waals surface area (Å²) in [5, 5.41) is 20.1. The molecule has 0 spiro atoms. The molecule has 1 heterocycles. The van der Waals surface area contributed by atoms with Crippen molar-refractivity contribution in [3.05, 3.63) is 35.4 Å². The first-order valence-electron chi connectivity index (χ1n) is 10.2. The van der Waals surface area contributed by atoms with Crippen LogP contribution >= 0.6 is 0 Å². The van der Waals surface area contributed by atoms with Crippen LogP contribution in [0.15, 0.2) is 24.3 Å². The maximum Gasteiger partial charge on any atom is 0.413 e. The lowest BCUT2D eigenvalue weighted by atomic mass is 9.92. The summed E-state index contributed by atoms with van der Waals surface area (Å²) in [7, 11) is 0. The number of ketones is 1. The van der Waals surface area contributed by atoms with Crippen LogP contribution in [0.3, 0.4) is 0 Å². The van der Waals surface area contributed by atoms with E-state index in [-0.39, 0.29) is 41.2 Å². The number of amidine groups is 1. The van der Waals surface area contributed by atoms with Crippen LogP contribution in [0, 0.1) is 11.3 Å². The zero-order valence-electron chi connectivity index (χ0n) is 18.0. The Bertz CT molecular complexity index is 807. The molecule has 0 aliphatic carbocycles. The number of ether oxygens (including phenoxy) is 1. The van der Waals surface area contributed by atoms with Gasteiger partial charge in [-0.3, -0.25) is 20.3 Å². The molecule has 0 bridgehead atoms. The molecule has 2 amide bonds. The fourth-order valence-electron chi connectivity index (χ4n) is 3.25. The van der Waals surface area contributed by atoms with E-state index in [2.05, 4.69) is 5.32 Å². The van der Waals surface area contributed by atoms with Crippen LogP contribution in [0.25, 0.3) is 0 Å². The van der Waals surface area contributed by atoms with Crippen LogP contribution in [0.1, 0.15) is 62.9 Å². The minimum absolute atomic E-state index is 0.0517. The zero-order chi connectivity index (χ0) is 22.5. The minimum atomic E-state index is -0.773. The van der Waals surface area contributed by atoms with Crippen molar-refractivity contribution in [3.63, 3.8) is 0 Å². The van der Waals surface area contributed by atoms with Gasteiger partial charge in [-0.05, 0) is 33.6 Å². The fraction of sp³-hybridized carbons (Fsp3) is 0.545. The molecule has 164 valence electrons. The summed E-state index contributed by atoms with van der Waals surface area (Å²) in [6.07, 6.45) is -0.000955. The monoisotopic (exact) mass is 417 g/mol. The van der Waals surface area contributed by atoms with Gasteiger partial charge >= 0.3 is 6.09 Å². The Morgan fingerprint density at radius 1 is 1.20 bits per heavy atom. The molecule has 1 unspecified atom stereocenters. The molecule has 1 aromatic carbocycles. The Labute approximate surface area is 177 Å². The molecule has 8 heteroatoms. The van der Waals surface area contributed by atoms with Crippen molar-refractivity contribution in [3.8, 4) is 0 Å². The Hall–Kier alpha value is -2.74. The topological polar surface area (TPSA) is 120 Å². The molecule has 3 N–H and O–H groups in total. The standard InChI is InChI=1S/C22H31N3O5/c1-14(13-18(27)25-11-9-15(26)10-12-25)19(28)16-7-5-6-8-17(16)20(23)24-21(29)30-22(2,3)4/h5-8,14-15,26H,9-13H2,1-4H3,(H2,23,24,29). The number of aliphatic hydroxyl groups excluding tert-OH is 1. The number of rotatable bonds is 5. The van der Waals surface area contributed by atoms with Crippen molar-refractivity contribution < 1.29 is 24.2 Å². The molecule has 0 aromatic heterocycles. The largest absolute Gasteiger partial charge is 0.444 e. The maximum atomic E-state index is 13.0. The molecule has 1 saturated heterocycles. The second kappa shape index (κ2) is 9.84. The van der Waals surface area contributed by atoms with Gasteiger partial charge in [0.1, 0.15) is 11.4 Å². The quantitative estimate of drug-likeness (QED) is 0.387. The third-order valence-electron chi connectivity index (χ3n) is 4.83. The predicted molar refractivity (Wildman–Crippen MR) is 113 cm³/mol. The van der Waals surface area contributed by atoms with E-state index in [1.165, 1.54) is 0 Å². The van der Waals surface area contributed by atoms with E-state index in [0.717, 1.165) is 0 Å². The highest BCUT2D eigenvalue weighted by Crippen LogP contribution is 2.19. The number of piperidine rings is 1. The van der Waals surface area contributed by atoms with Crippen LogP contribution in [0.2, 0.25) is 0 Å². The lowest BCUT2D eigenvalue weighted by Gasteiger charge is -2.30. The highest BCUT2D eigenvalue weighted by Gasteiger charge is 2.27. The molecule has 1 aliphatic rings. The van der Waals surface area contributed by atoms with E-state index in [1.54, 1.807) is 56.9 Å². The Kier molecular flexibility index (Phi) is 7.72. The van der Waals surface area contributed by atoms with Crippen LogP contribution in [-0.4, -0.2) is 58.4 Å². The lowest BCUT2D eigenvalue weighted by Crippen LogP contribution is -2.41. The number of hydrogen-bond acceptors (Lipinski definition) is 6. The summed E-state index contributed by atoms with van der Waals surface area (Å²) in [6.45, 7) is 7.81. The third kappa shape index (κ3) is 6.66. The van der Waals surface area contributed by atoms with Crippen molar-refractivity contribution in [2.75, 3.05) is 13.1 Å². The summed E-state index contributed by atoms with van der Waals surface area (Å²) >= 11 is 0. The molecule has 1 fully saturated rings. The van der Waals surface area contributed by atoms with Gasteiger partial charge in [0.2, 0.25) is 5.91 Å². The van der Waals surface area contributed by atoms with E-state index >= 15 is 0 Å². The van der Waals surface area contributed by atoms with Gasteiger partial charge in [-0.1, -0.05) is 31.2 Å². The van der Waals surface area contributed by atoms with Gasteiger partial charge in [0.25, 0.3) is 0 Å². The molecule has 0 radical (unpaired) electrons. The van der Waals surface area contributed by atoms with Crippen molar-refractivity contribution in [1.29, 1.82) is 5.41 Å². The maximum absolute atomic E-state index is 13.0. The number of alkyl carbamates (subject to hydrolysis) is 1. The lowest BCUT2D eigenvalue weighted by molar-refractivity contribution is -0.133. The Morgan fingerprint density at radius 2 is 1.77 bits per heavy atom. The van der Waals surface area contributed by atoms with Crippen LogP contribution in [0.5, 0.6) is 0 Å². The Morgan fingerprint density at radius 3 is 2.33 bits per heavy atom. The average Bonchev–Trinajstić information content (AvgIpc) is 2.66. The summed E-state index contributed by atoms with van der Waals surface area (Å²) in [6, 6.07) is 6.51. The van der Waals surface area contributed by atoms with Gasteiger partial charge < -0.3 is 14.7 Å². The number of nitrogens with zero attached hydrogens (tertiary/aromatic N) is 1. The van der Waals surface area contributed by atoms with Crippen molar-refractivity contribution in [2.45, 2.75) is 58.7 Å². The van der Waals surface area contributed by atoms with Crippen LogP contribution in [0.4, 0.5) is 4.79 Å². The first kappa shape index (κ1) is 23.5. The number of amides is 2. The molecule has 30 heavy (non-hydrogen) atoms. The number of aliphatic hydroxyl groups is 1. The van der Waals surface area contributed by atoms with Crippen molar-refractivity contribution >= 4 is 23.6 Å². The molecule has 2 rings (SSSR count). The number of Topliss-reactive ketones (excluding diaryl/α,β-unsaturated/α-hetero) is 1. The van der Waals surface area contributed by atoms with Crippen LogP contribution in [-0.2, 0) is 9.53 Å². The summed E-state index contributed by atoms with van der Waals surface area (Å²) in [5.74, 6) is -1.22. The number of hydrogen-bond donors (Lipinski definition) is 3. The molecular formula is C22H31N3O5. The summed E-state index contributed by atoms with van der Waals surface area (Å²) in [4.78, 5) is 39.2. The highest BCUT2D eigenvalue weighted by molar-refractivity contribution is 6.13. The minimum Gasteiger partial charge on any atom is -0.444 e. The molecular weight excluding hydrogens is 386 g/mol. The Balaban J connectivity index is 2.06. The second-order valence-corrected chi connectivity index (χ2v) is 8.63. The third-order valence-corrected chi connectivity index (χ3v) is 4.83. The van der Waals surface area contributed by atoms with Gasteiger partial charge in [0, 0.05) is 36.6 Å². The van der Waals surface area contributed by atoms with E-state index in [1.807, 2.05) is 0 Å². The molecule has 1 atom stereocenters. The first-order chi connectivity index (χ1) is 14.0. The van der Waals surface area contributed by atoms with Gasteiger partial charge in [0.15, 0.2) is 5.78 Å². The number of benzene rings is 1. The first-order valence-corrected chi connectivity index (χ1v) is 10.2. The second-order valence-electron chi connectivity index (χ2n) is 8.63. The van der Waals surface area contributed by atoms with Crippen LogP contribution < -0.4 is 5.32 Å². The van der Waals surface area contributed by atoms with E-state index in [4.69, 9.17) is 10.1 Å². The smallest absolute Gasteiger partial charge is 0.413 e. The number of likely N-dealkylation sites (tertiary alicyclic amines) is 1. The molecule has 1 aromatic rings. The van der Waals surface area contributed by atoms with E-state index < -0.39 is 17.6 Å². The summed E-state index contributed by atoms with van der Waals surface area (Å²) < 4.78 is 5.16. The number of carbonyl (C=O) groups excluding carboxylic acids is 3. The molecule has 1 aliphatic heterocycles. The molecule has 0 saturated carbocycles. The van der Waals surface area contributed by atoms with Gasteiger partial charge in [-0.25, -0.2) is 4.79 Å². The average molecular weight is 418 g/mol. The number of nitrogens with one attached hydrogen (secondary N) is 2. The van der Waals surface area contributed by atoms with E-state index in [0.29, 0.717) is 25.9 Å².